The predicted octanol–water partition coefficient (Wildman–Crippen LogP) is 0.806. The molecule has 0 N–H and O–H groups in total. The molecule has 0 aromatic carbocycles. The van der Waals surface area contributed by atoms with Gasteiger partial charge in [-0.05, 0) is 20.0 Å². The highest BCUT2D eigenvalue weighted by Gasteiger charge is 2.12. The summed E-state index contributed by atoms with van der Waals surface area (Å²) in [6.07, 6.45) is 1.11. The smallest absolute Gasteiger partial charge is 0.219 e. The fourth-order valence-electron chi connectivity index (χ4n) is 1.36. The molecular formula is C9H20N2O. The van der Waals surface area contributed by atoms with E-state index in [-0.39, 0.29) is 13.3 Å². The molecule has 1 heterocycles. The van der Waals surface area contributed by atoms with Crippen LogP contribution in [-0.4, -0.2) is 48.9 Å². The van der Waals surface area contributed by atoms with Gasteiger partial charge in [0.1, 0.15) is 0 Å². The van der Waals surface area contributed by atoms with Crippen LogP contribution in [0.5, 0.6) is 0 Å². The van der Waals surface area contributed by atoms with Gasteiger partial charge in [0.2, 0.25) is 5.91 Å². The predicted molar refractivity (Wildman–Crippen MR) is 51.1 cm³/mol. The highest BCUT2D eigenvalue weighted by Crippen LogP contribution is 2.00. The Hall–Kier alpha value is -0.570. The van der Waals surface area contributed by atoms with E-state index in [2.05, 4.69) is 11.9 Å². The minimum absolute atomic E-state index is 0. The summed E-state index contributed by atoms with van der Waals surface area (Å²) in [6.45, 7) is 5.60. The number of carbonyl (C=O) groups is 1. The number of hydrogen-bond donors (Lipinski definition) is 0. The molecule has 3 heteroatoms. The van der Waals surface area contributed by atoms with E-state index >= 15 is 0 Å². The number of rotatable bonds is 0. The lowest BCUT2D eigenvalue weighted by Gasteiger charge is -2.17. The lowest BCUT2D eigenvalue weighted by atomic mass is 10.4. The van der Waals surface area contributed by atoms with Crippen LogP contribution in [0, 0.1) is 0 Å². The van der Waals surface area contributed by atoms with E-state index in [1.54, 1.807) is 6.92 Å². The van der Waals surface area contributed by atoms with Gasteiger partial charge >= 0.3 is 0 Å². The number of hydrogen-bond acceptors (Lipinski definition) is 2. The van der Waals surface area contributed by atoms with Gasteiger partial charge in [0.15, 0.2) is 0 Å². The van der Waals surface area contributed by atoms with Crippen molar-refractivity contribution >= 4 is 5.91 Å². The van der Waals surface area contributed by atoms with E-state index in [0.717, 1.165) is 32.6 Å². The van der Waals surface area contributed by atoms with Crippen LogP contribution in [0.4, 0.5) is 0 Å². The first-order valence-corrected chi connectivity index (χ1v) is 4.14. The van der Waals surface area contributed by atoms with E-state index in [4.69, 9.17) is 0 Å². The second kappa shape index (κ2) is 5.14. The highest BCUT2D eigenvalue weighted by atomic mass is 16.2. The Morgan fingerprint density at radius 2 is 1.83 bits per heavy atom. The van der Waals surface area contributed by atoms with Gasteiger partial charge < -0.3 is 9.80 Å². The molecule has 1 rings (SSSR count). The second-order valence-corrected chi connectivity index (χ2v) is 3.16. The van der Waals surface area contributed by atoms with Crippen LogP contribution in [0.1, 0.15) is 20.8 Å². The van der Waals surface area contributed by atoms with Gasteiger partial charge in [-0.25, -0.2) is 0 Å². The molecule has 1 fully saturated rings. The SMILES string of the molecule is C.CC(=O)N1CCCN(C)CC1. The normalized spacial score (nSPS) is 19.7. The molecule has 72 valence electrons. The van der Waals surface area contributed by atoms with Crippen LogP contribution in [-0.2, 0) is 4.79 Å². The molecule has 0 bridgehead atoms. The van der Waals surface area contributed by atoms with Crippen molar-refractivity contribution in [3.63, 3.8) is 0 Å². The zero-order chi connectivity index (χ0) is 8.27. The highest BCUT2D eigenvalue weighted by molar-refractivity contribution is 5.73. The van der Waals surface area contributed by atoms with Crippen LogP contribution in [0.3, 0.4) is 0 Å². The summed E-state index contributed by atoms with van der Waals surface area (Å²) in [6, 6.07) is 0. The third kappa shape index (κ3) is 3.22. The zero-order valence-corrected chi connectivity index (χ0v) is 7.34. The molecular weight excluding hydrogens is 152 g/mol. The maximum Gasteiger partial charge on any atom is 0.219 e. The minimum Gasteiger partial charge on any atom is -0.342 e. The van der Waals surface area contributed by atoms with E-state index in [9.17, 15) is 4.79 Å². The van der Waals surface area contributed by atoms with E-state index < -0.39 is 0 Å². The average molecular weight is 172 g/mol. The molecule has 1 saturated heterocycles. The standard InChI is InChI=1S/C8H16N2O.CH4/c1-8(11)10-5-3-4-9(2)6-7-10;/h3-7H2,1-2H3;1H4. The Labute approximate surface area is 75.3 Å². The first-order valence-electron chi connectivity index (χ1n) is 4.14. The molecule has 1 aliphatic heterocycles. The van der Waals surface area contributed by atoms with Crippen LogP contribution in [0.25, 0.3) is 0 Å². The van der Waals surface area contributed by atoms with Crippen molar-refractivity contribution in [2.75, 3.05) is 33.2 Å². The lowest BCUT2D eigenvalue weighted by Crippen LogP contribution is -2.32. The molecule has 12 heavy (non-hydrogen) atoms. The Bertz CT molecular complexity index is 147. The van der Waals surface area contributed by atoms with Crippen LogP contribution in [0.15, 0.2) is 0 Å². The van der Waals surface area contributed by atoms with Gasteiger partial charge in [0, 0.05) is 26.6 Å². The average Bonchev–Trinajstić information content (AvgIpc) is 2.13. The number of carbonyl (C=O) groups excluding carboxylic acids is 1. The maximum absolute atomic E-state index is 11.0. The topological polar surface area (TPSA) is 23.6 Å². The van der Waals surface area contributed by atoms with E-state index in [1.165, 1.54) is 0 Å². The minimum atomic E-state index is 0. The maximum atomic E-state index is 11.0. The summed E-state index contributed by atoms with van der Waals surface area (Å²) in [7, 11) is 2.10. The molecule has 0 aliphatic carbocycles. The fraction of sp³-hybridized carbons (Fsp3) is 0.889. The largest absolute Gasteiger partial charge is 0.342 e. The van der Waals surface area contributed by atoms with Crippen molar-refractivity contribution in [1.29, 1.82) is 0 Å². The van der Waals surface area contributed by atoms with Gasteiger partial charge in [-0.15, -0.1) is 0 Å². The van der Waals surface area contributed by atoms with Crippen molar-refractivity contribution in [3.8, 4) is 0 Å². The van der Waals surface area contributed by atoms with Gasteiger partial charge in [-0.3, -0.25) is 4.79 Å². The molecule has 0 spiro atoms. The first kappa shape index (κ1) is 11.4. The fourth-order valence-corrected chi connectivity index (χ4v) is 1.36. The Morgan fingerprint density at radius 1 is 1.17 bits per heavy atom. The zero-order valence-electron chi connectivity index (χ0n) is 7.34. The number of nitrogens with zero attached hydrogens (tertiary/aromatic N) is 2. The summed E-state index contributed by atoms with van der Waals surface area (Å²) in [5, 5.41) is 0. The Balaban J connectivity index is 0.00000121. The van der Waals surface area contributed by atoms with Crippen molar-refractivity contribution in [2.24, 2.45) is 0 Å². The first-order chi connectivity index (χ1) is 5.20. The molecule has 0 atom stereocenters. The Kier molecular flexibility index (Phi) is 4.90. The molecule has 0 unspecified atom stereocenters. The summed E-state index contributed by atoms with van der Waals surface area (Å²) in [5.74, 6) is 0.209. The summed E-state index contributed by atoms with van der Waals surface area (Å²) < 4.78 is 0. The third-order valence-electron chi connectivity index (χ3n) is 2.16. The van der Waals surface area contributed by atoms with Crippen molar-refractivity contribution in [1.82, 2.24) is 9.80 Å². The summed E-state index contributed by atoms with van der Waals surface area (Å²) in [5.41, 5.74) is 0. The summed E-state index contributed by atoms with van der Waals surface area (Å²) in [4.78, 5) is 15.2. The van der Waals surface area contributed by atoms with E-state index in [0.29, 0.717) is 0 Å². The van der Waals surface area contributed by atoms with Gasteiger partial charge in [-0.1, -0.05) is 7.43 Å². The number of likely N-dealkylation sites (N-methyl/N-ethyl adjacent to an activating group) is 1. The molecule has 0 aromatic heterocycles. The van der Waals surface area contributed by atoms with Crippen LogP contribution in [0.2, 0.25) is 0 Å². The monoisotopic (exact) mass is 172 g/mol. The third-order valence-corrected chi connectivity index (χ3v) is 2.16. The summed E-state index contributed by atoms with van der Waals surface area (Å²) >= 11 is 0. The van der Waals surface area contributed by atoms with Gasteiger partial charge in [0.25, 0.3) is 0 Å². The number of amides is 1. The van der Waals surface area contributed by atoms with Crippen LogP contribution >= 0.6 is 0 Å². The quantitative estimate of drug-likeness (QED) is 0.540. The lowest BCUT2D eigenvalue weighted by molar-refractivity contribution is -0.128. The van der Waals surface area contributed by atoms with Crippen LogP contribution < -0.4 is 0 Å². The molecule has 1 amide bonds. The molecule has 1 aliphatic rings. The van der Waals surface area contributed by atoms with Crippen molar-refractivity contribution < 1.29 is 4.79 Å². The van der Waals surface area contributed by atoms with Crippen molar-refractivity contribution in [2.45, 2.75) is 20.8 Å². The molecule has 0 aromatic rings. The second-order valence-electron chi connectivity index (χ2n) is 3.16. The molecule has 3 nitrogen and oxygen atoms in total. The molecule has 0 saturated carbocycles. The molecule has 0 radical (unpaired) electrons. The van der Waals surface area contributed by atoms with Gasteiger partial charge in [-0.2, -0.15) is 0 Å². The van der Waals surface area contributed by atoms with Crippen molar-refractivity contribution in [3.05, 3.63) is 0 Å². The van der Waals surface area contributed by atoms with E-state index in [1.807, 2.05) is 4.90 Å². The van der Waals surface area contributed by atoms with Gasteiger partial charge in [0.05, 0.1) is 0 Å². The Morgan fingerprint density at radius 3 is 2.42 bits per heavy atom.